The fourth-order valence-electron chi connectivity index (χ4n) is 6.58. The zero-order valence-electron chi connectivity index (χ0n) is 31.6. The number of aliphatic hydroxyl groups is 3. The highest BCUT2D eigenvalue weighted by atomic mass is 16.6. The number of carbonyl (C=O) groups is 6. The Kier molecular flexibility index (Phi) is 18.9. The number of guanidine groups is 1. The molecular formula is C33H60N12O11. The minimum Gasteiger partial charge on any atom is -0.447 e. The van der Waals surface area contributed by atoms with E-state index in [0.717, 1.165) is 6.42 Å². The van der Waals surface area contributed by atoms with Crippen molar-refractivity contribution in [2.75, 3.05) is 32.8 Å². The van der Waals surface area contributed by atoms with Crippen LogP contribution in [0.4, 0.5) is 4.79 Å². The number of hydrogen-bond acceptors (Lipinski definition) is 17. The highest BCUT2D eigenvalue weighted by Gasteiger charge is 2.48. The molecule has 2 saturated heterocycles. The number of rotatable bonds is 22. The maximum absolute atomic E-state index is 13.3. The predicted molar refractivity (Wildman–Crippen MR) is 199 cm³/mol. The van der Waals surface area contributed by atoms with Gasteiger partial charge in [-0.3, -0.25) is 24.0 Å². The standard InChI is InChI=1S/C33H60N12O11/c1-16(46)41-19(7-4-10-39-23(49)12-18(36)6-3-9-38-22(48)11-17(35)5-2-8-34)13-24(50)42-27-29(52)28(51)21(15-55-32(37)54)56-31(27)45-33-43-25-20(47)14-40-30(53)26(25)44-33/h17-21,25-29,31,47,51-52H,2-15,34-36H2,1H3,(H2,37,54)(H,38,48)(H,39,49)(H,40,53)(H,41,46)(H,42,50)(H2,43,44,45)/t17-,18-,19-,20+,21+,25+,26+,27+,28-,29-,31+/m0/s1. The van der Waals surface area contributed by atoms with Crippen molar-refractivity contribution in [1.82, 2.24) is 37.2 Å². The third-order valence-corrected chi connectivity index (χ3v) is 9.46. The maximum Gasteiger partial charge on any atom is 0.404 e. The number of carbonyl (C=O) groups excluding carboxylic acids is 6. The topological polar surface area (TPSA) is 382 Å². The number of ether oxygens (including phenoxy) is 2. The molecule has 0 saturated carbocycles. The molecule has 0 radical (unpaired) electrons. The highest BCUT2D eigenvalue weighted by molar-refractivity contribution is 5.92. The molecule has 3 rings (SSSR count). The lowest BCUT2D eigenvalue weighted by Crippen LogP contribution is -2.69. The Morgan fingerprint density at radius 2 is 1.55 bits per heavy atom. The largest absolute Gasteiger partial charge is 0.447 e. The molecule has 0 aliphatic carbocycles. The van der Waals surface area contributed by atoms with Crippen LogP contribution in [0.1, 0.15) is 64.7 Å². The summed E-state index contributed by atoms with van der Waals surface area (Å²) in [4.78, 5) is 77.6. The summed E-state index contributed by atoms with van der Waals surface area (Å²) >= 11 is 0. The van der Waals surface area contributed by atoms with Crippen LogP contribution in [0, 0.1) is 0 Å². The summed E-state index contributed by atoms with van der Waals surface area (Å²) in [5.74, 6) is -1.91. The van der Waals surface area contributed by atoms with Gasteiger partial charge in [0.15, 0.2) is 18.2 Å². The number of piperidine rings is 1. The van der Waals surface area contributed by atoms with Gasteiger partial charge in [0, 0.05) is 63.9 Å². The number of aliphatic hydroxyl groups excluding tert-OH is 3. The first-order chi connectivity index (χ1) is 26.6. The maximum atomic E-state index is 13.3. The van der Waals surface area contributed by atoms with Crippen molar-refractivity contribution in [2.24, 2.45) is 27.9 Å². The van der Waals surface area contributed by atoms with Crippen molar-refractivity contribution in [3.05, 3.63) is 0 Å². The van der Waals surface area contributed by atoms with Crippen LogP contribution >= 0.6 is 0 Å². The van der Waals surface area contributed by atoms with Gasteiger partial charge in [0.05, 0.1) is 12.1 Å². The molecular weight excluding hydrogens is 740 g/mol. The van der Waals surface area contributed by atoms with Crippen molar-refractivity contribution in [3.8, 4) is 0 Å². The first-order valence-electron chi connectivity index (χ1n) is 18.9. The van der Waals surface area contributed by atoms with E-state index in [9.17, 15) is 44.1 Å². The second-order valence-electron chi connectivity index (χ2n) is 14.3. The number of amides is 6. The molecule has 0 bridgehead atoms. The van der Waals surface area contributed by atoms with E-state index in [4.69, 9.17) is 32.4 Å². The van der Waals surface area contributed by atoms with Crippen LogP contribution in [0.25, 0.3) is 0 Å². The third kappa shape index (κ3) is 15.3. The number of nitrogens with two attached hydrogens (primary N) is 4. The summed E-state index contributed by atoms with van der Waals surface area (Å²) in [5.41, 5.74) is 22.5. The van der Waals surface area contributed by atoms with E-state index in [1.54, 1.807) is 0 Å². The molecule has 0 spiro atoms. The van der Waals surface area contributed by atoms with Crippen LogP contribution in [0.15, 0.2) is 4.99 Å². The third-order valence-electron chi connectivity index (χ3n) is 9.46. The first-order valence-corrected chi connectivity index (χ1v) is 18.9. The zero-order valence-corrected chi connectivity index (χ0v) is 31.6. The van der Waals surface area contributed by atoms with Gasteiger partial charge in [0.25, 0.3) is 0 Å². The van der Waals surface area contributed by atoms with Crippen LogP contribution in [0.2, 0.25) is 0 Å². The van der Waals surface area contributed by atoms with Crippen LogP contribution in [-0.2, 0) is 33.4 Å². The van der Waals surface area contributed by atoms with E-state index in [1.807, 2.05) is 0 Å². The quantitative estimate of drug-likeness (QED) is 0.0453. The van der Waals surface area contributed by atoms with E-state index >= 15 is 0 Å². The Hall–Kier alpha value is -4.39. The van der Waals surface area contributed by atoms with Gasteiger partial charge in [-0.25, -0.2) is 9.79 Å². The van der Waals surface area contributed by atoms with Crippen LogP contribution in [0.3, 0.4) is 0 Å². The fourth-order valence-corrected chi connectivity index (χ4v) is 6.58. The minimum atomic E-state index is -1.68. The lowest BCUT2D eigenvalue weighted by atomic mass is 9.95. The summed E-state index contributed by atoms with van der Waals surface area (Å²) < 4.78 is 10.6. The average Bonchev–Trinajstić information content (AvgIpc) is 3.56. The molecule has 3 aliphatic heterocycles. The number of nitrogens with zero attached hydrogens (tertiary/aromatic N) is 1. The Morgan fingerprint density at radius 3 is 2.14 bits per heavy atom. The number of β-amino-alcohol motifs (C(OH)–C–C–N with tert-alkyl or cyclic N) is 1. The lowest BCUT2D eigenvalue weighted by molar-refractivity contribution is -0.198. The van der Waals surface area contributed by atoms with Crippen molar-refractivity contribution in [1.29, 1.82) is 0 Å². The molecule has 0 aromatic heterocycles. The molecule has 23 heteroatoms. The second kappa shape index (κ2) is 23.0. The number of aliphatic imine (C=N–C) groups is 1. The number of fused-ring (bicyclic) bond motifs is 1. The monoisotopic (exact) mass is 800 g/mol. The molecule has 6 amide bonds. The highest BCUT2D eigenvalue weighted by Crippen LogP contribution is 2.22. The van der Waals surface area contributed by atoms with Crippen molar-refractivity contribution >= 4 is 41.6 Å². The van der Waals surface area contributed by atoms with Gasteiger partial charge in [-0.15, -0.1) is 0 Å². The number of primary amides is 1. The molecule has 23 nitrogen and oxygen atoms in total. The van der Waals surface area contributed by atoms with Gasteiger partial charge in [-0.1, -0.05) is 0 Å². The molecule has 56 heavy (non-hydrogen) atoms. The normalized spacial score (nSPS) is 27.2. The smallest absolute Gasteiger partial charge is 0.404 e. The molecule has 3 aliphatic rings. The SMILES string of the molecule is CC(=O)N[C@@H](CCCNC(=O)C[C@@H](N)CCCNC(=O)C[C@@H](N)CCCN)CC(=O)N[C@@H]1[C@H](O)[C@@H](O)[C@@H](COC(N)=O)O[C@H]1NC1=N[C@H]2C(=O)NC[C@@H](O)[C@H]2N1. The van der Waals surface area contributed by atoms with Gasteiger partial charge in [0.1, 0.15) is 31.0 Å². The fraction of sp³-hybridized carbons (Fsp3) is 0.788. The van der Waals surface area contributed by atoms with Gasteiger partial charge in [0.2, 0.25) is 29.5 Å². The predicted octanol–water partition coefficient (Wildman–Crippen LogP) is -6.35. The van der Waals surface area contributed by atoms with E-state index in [0.29, 0.717) is 38.8 Å². The van der Waals surface area contributed by atoms with E-state index in [1.165, 1.54) is 6.92 Å². The van der Waals surface area contributed by atoms with E-state index in [-0.39, 0.29) is 62.6 Å². The molecule has 11 atom stereocenters. The Morgan fingerprint density at radius 1 is 0.929 bits per heavy atom. The van der Waals surface area contributed by atoms with E-state index in [2.05, 4.69) is 42.2 Å². The lowest BCUT2D eigenvalue weighted by Gasteiger charge is -2.43. The molecule has 3 heterocycles. The van der Waals surface area contributed by atoms with Gasteiger partial charge in [-0.2, -0.15) is 0 Å². The number of nitrogens with one attached hydrogen (secondary N) is 7. The molecule has 0 aromatic carbocycles. The summed E-state index contributed by atoms with van der Waals surface area (Å²) in [6.07, 6.45) is -4.88. The Labute approximate surface area is 324 Å². The van der Waals surface area contributed by atoms with Gasteiger partial charge in [-0.05, 0) is 45.1 Å². The first kappa shape index (κ1) is 46.0. The molecule has 2 fully saturated rings. The van der Waals surface area contributed by atoms with E-state index < -0.39 is 91.3 Å². The molecule has 0 aromatic rings. The zero-order chi connectivity index (χ0) is 41.4. The summed E-state index contributed by atoms with van der Waals surface area (Å²) in [6.45, 7) is 1.90. The summed E-state index contributed by atoms with van der Waals surface area (Å²) in [6, 6.07) is -4.43. The summed E-state index contributed by atoms with van der Waals surface area (Å²) in [7, 11) is 0. The van der Waals surface area contributed by atoms with Gasteiger partial charge < -0.3 is 84.9 Å². The molecule has 318 valence electrons. The van der Waals surface area contributed by atoms with Gasteiger partial charge >= 0.3 is 6.09 Å². The molecule has 18 N–H and O–H groups in total. The van der Waals surface area contributed by atoms with Crippen LogP contribution in [-0.4, -0.2) is 157 Å². The van der Waals surface area contributed by atoms with Crippen LogP contribution in [0.5, 0.6) is 0 Å². The number of hydrogen-bond donors (Lipinski definition) is 14. The van der Waals surface area contributed by atoms with Crippen molar-refractivity contribution in [3.63, 3.8) is 0 Å². The molecule has 0 unspecified atom stereocenters. The Bertz CT molecular complexity index is 1380. The van der Waals surface area contributed by atoms with Crippen LogP contribution < -0.4 is 60.2 Å². The second-order valence-corrected chi connectivity index (χ2v) is 14.3. The minimum absolute atomic E-state index is 0.00122. The Balaban J connectivity index is 1.49. The summed E-state index contributed by atoms with van der Waals surface area (Å²) in [5, 5.41) is 51.4. The average molecular weight is 801 g/mol. The van der Waals surface area contributed by atoms with Crippen molar-refractivity contribution < 1.29 is 53.6 Å². The van der Waals surface area contributed by atoms with Crippen molar-refractivity contribution in [2.45, 2.75) is 132 Å².